The smallest absolute Gasteiger partial charge is 0.252 e. The molecule has 2 aliphatic rings. The first-order chi connectivity index (χ1) is 66.3. The number of hydrogen-bond donors (Lipinski definition) is 0. The second-order valence-corrected chi connectivity index (χ2v) is 42.7. The van der Waals surface area contributed by atoms with Gasteiger partial charge in [0, 0.05) is 77.9 Å². The molecule has 5 heteroatoms. The Morgan fingerprint density at radius 2 is 0.575 bits per heavy atom. The summed E-state index contributed by atoms with van der Waals surface area (Å²) in [6, 6.07) is 79.3. The number of benzene rings is 17. The van der Waals surface area contributed by atoms with E-state index in [4.69, 9.17) is 0 Å². The predicted octanol–water partition coefficient (Wildman–Crippen LogP) is 32.3. The van der Waals surface area contributed by atoms with Gasteiger partial charge in [0.05, 0.1) is 52.6 Å². The van der Waals surface area contributed by atoms with E-state index in [0.29, 0.717) is 22.7 Å². The molecule has 127 heavy (non-hydrogen) atoms. The molecule has 0 saturated heterocycles. The summed E-state index contributed by atoms with van der Waals surface area (Å²) in [5.74, 6) is 0. The van der Waals surface area contributed by atoms with Crippen LogP contribution in [0.1, 0.15) is 204 Å². The van der Waals surface area contributed by atoms with Crippen molar-refractivity contribution < 1.29 is 19.2 Å². The second-order valence-electron chi connectivity index (χ2n) is 42.7. The molecule has 0 saturated carbocycles. The van der Waals surface area contributed by atoms with Crippen molar-refractivity contribution in [1.29, 1.82) is 0 Å². The standard InChI is InChI=1S/C122H115BN4/c1-116(2,3)78-40-34-38-74(60-78)95-66-82(120(13,14)15)67-96(75-39-35-41-79(61-75)117(4,5)6)114(95)126-109-72-85(124-105-50-32-30-48-93(105)99-64-80(118(7,8)9)52-58-107(99)124)54-56-103(109)123-104-57-55-86(125-106-51-33-31-49-94(106)100-65-81(119(10,11)12)53-59-108(100)125)73-110(104)127(112-71-84(122(19,20)21)70-111(126)113(112)123)115-101(97-62-76-36-22-24-42-87(76)89-44-26-28-46-91(89)97)68-83(121(16,17)18)69-102(115)98-63-77-37-23-25-43-88(77)90-45-27-29-47-92(90)98/h22-73H,1-21H3/i30D,31D,32D,33D,48D,49D,50D,51D,52D,53D,58D,59D,64D,65D. The quantitative estimate of drug-likeness (QED) is 0.111. The van der Waals surface area contributed by atoms with Crippen LogP contribution in [0.5, 0.6) is 0 Å². The predicted molar refractivity (Wildman–Crippen MR) is 552 cm³/mol. The summed E-state index contributed by atoms with van der Waals surface area (Å²) in [4.78, 5) is 4.97. The first kappa shape index (κ1) is 66.5. The van der Waals surface area contributed by atoms with Crippen LogP contribution in [-0.2, 0) is 37.9 Å². The highest BCUT2D eigenvalue weighted by Gasteiger charge is 2.47. The maximum absolute atomic E-state index is 10.6. The van der Waals surface area contributed by atoms with Crippen LogP contribution < -0.4 is 26.2 Å². The maximum Gasteiger partial charge on any atom is 0.252 e. The third kappa shape index (κ3) is 13.4. The molecule has 0 bridgehead atoms. The van der Waals surface area contributed by atoms with Crippen molar-refractivity contribution in [2.75, 3.05) is 9.80 Å². The van der Waals surface area contributed by atoms with Gasteiger partial charge in [-0.2, -0.15) is 0 Å². The Kier molecular flexibility index (Phi) is 15.1. The topological polar surface area (TPSA) is 16.3 Å². The lowest BCUT2D eigenvalue weighted by atomic mass is 9.33. The Bertz CT molecular complexity index is 8510. The number of nitrogens with zero attached hydrogens (tertiary/aromatic N) is 4. The molecule has 0 atom stereocenters. The van der Waals surface area contributed by atoms with E-state index >= 15 is 0 Å². The number of rotatable bonds is 8. The molecule has 0 amide bonds. The molecular weight excluding hydrogens is 1530 g/mol. The molecule has 4 heterocycles. The SMILES string of the molecule is [2H]c1c([2H])c([2H])c2c(c1[2H])c1c([2H])c(C(C)(C)C)c([2H])c([2H])c1n2-c1ccc2c(c1)N(c1c(-c3cccc(C(C)(C)C)c3)cc(C(C)(C)C)cc1-c1cccc(C(C)(C)C)c1)c1cc(C(C)(C)C)cc3c1B2c1ccc(-n2c4c([2H])c([2H])c([2H])c([2H])c4c4c([2H])c(C(C)(C)C)c([2H])c([2H])c42)cc1N3c1c(-c2cc3ccccc3c3ccccc23)cc(C(C)(C)C)cc1-c1cc2ccccc2c2ccccc12. The van der Waals surface area contributed by atoms with E-state index in [1.54, 1.807) is 9.13 Å². The third-order valence-electron chi connectivity index (χ3n) is 26.8. The molecule has 0 fully saturated rings. The summed E-state index contributed by atoms with van der Waals surface area (Å²) in [5.41, 5.74) is 17.1. The number of fused-ring (bicyclic) bond motifs is 16. The first-order valence-corrected chi connectivity index (χ1v) is 44.8. The minimum Gasteiger partial charge on any atom is -0.310 e. The lowest BCUT2D eigenvalue weighted by Crippen LogP contribution is -2.61. The molecule has 19 aromatic rings. The minimum absolute atomic E-state index is 0.0384. The fraction of sp³-hybridized carbons (Fsp3) is 0.230. The normalized spacial score (nSPS) is 15.0. The van der Waals surface area contributed by atoms with Crippen molar-refractivity contribution >= 4 is 144 Å². The van der Waals surface area contributed by atoms with Crippen molar-refractivity contribution in [2.45, 2.75) is 183 Å². The molecule has 0 unspecified atom stereocenters. The van der Waals surface area contributed by atoms with E-state index in [0.717, 1.165) is 155 Å². The molecule has 21 rings (SSSR count). The van der Waals surface area contributed by atoms with Gasteiger partial charge in [-0.3, -0.25) is 0 Å². The average Bonchev–Trinajstić information content (AvgIpc) is 1.68. The highest BCUT2D eigenvalue weighted by atomic mass is 15.2. The molecule has 0 radical (unpaired) electrons. The van der Waals surface area contributed by atoms with Gasteiger partial charge >= 0.3 is 0 Å². The summed E-state index contributed by atoms with van der Waals surface area (Å²) in [7, 11) is 0. The van der Waals surface area contributed by atoms with Gasteiger partial charge in [0.25, 0.3) is 6.71 Å². The molecule has 2 aromatic heterocycles. The van der Waals surface area contributed by atoms with Crippen LogP contribution in [0.25, 0.3) is 143 Å². The third-order valence-corrected chi connectivity index (χ3v) is 26.8. The lowest BCUT2D eigenvalue weighted by Gasteiger charge is -2.47. The van der Waals surface area contributed by atoms with E-state index in [1.807, 2.05) is 53.7 Å². The van der Waals surface area contributed by atoms with Gasteiger partial charge in [-0.05, 0) is 268 Å². The first-order valence-electron chi connectivity index (χ1n) is 51.8. The highest BCUT2D eigenvalue weighted by Crippen LogP contribution is 2.58. The van der Waals surface area contributed by atoms with Crippen LogP contribution in [0.3, 0.4) is 0 Å². The largest absolute Gasteiger partial charge is 0.310 e. The molecule has 0 N–H and O–H groups in total. The van der Waals surface area contributed by atoms with Crippen molar-refractivity contribution in [2.24, 2.45) is 0 Å². The monoisotopic (exact) mass is 1660 g/mol. The fourth-order valence-corrected chi connectivity index (χ4v) is 19.8. The summed E-state index contributed by atoms with van der Waals surface area (Å²) < 4.78 is 145. The Morgan fingerprint density at radius 1 is 0.236 bits per heavy atom. The van der Waals surface area contributed by atoms with Gasteiger partial charge in [-0.1, -0.05) is 351 Å². The molecular formula is C122H115BN4. The van der Waals surface area contributed by atoms with Gasteiger partial charge in [0.15, 0.2) is 0 Å². The summed E-state index contributed by atoms with van der Waals surface area (Å²) >= 11 is 0. The summed E-state index contributed by atoms with van der Waals surface area (Å²) in [6.45, 7) is 44.5. The van der Waals surface area contributed by atoms with Crippen LogP contribution in [0, 0.1) is 0 Å². The minimum atomic E-state index is -0.873. The molecule has 2 aliphatic heterocycles. The Balaban J connectivity index is 1.03. The zero-order chi connectivity index (χ0) is 101. The molecule has 0 spiro atoms. The Labute approximate surface area is 771 Å². The molecule has 0 aliphatic carbocycles. The van der Waals surface area contributed by atoms with Crippen molar-refractivity contribution in [3.05, 3.63) is 354 Å². The van der Waals surface area contributed by atoms with Crippen LogP contribution in [0.2, 0.25) is 0 Å². The number of hydrogen-bond acceptors (Lipinski definition) is 2. The zero-order valence-electron chi connectivity index (χ0n) is 90.8. The highest BCUT2D eigenvalue weighted by molar-refractivity contribution is 7.00. The second kappa shape index (κ2) is 28.8. The molecule has 17 aromatic carbocycles. The average molecular weight is 1660 g/mol. The van der Waals surface area contributed by atoms with Crippen molar-refractivity contribution in [3.63, 3.8) is 0 Å². The van der Waals surface area contributed by atoms with Crippen LogP contribution >= 0.6 is 0 Å². The number of anilines is 6. The zero-order valence-corrected chi connectivity index (χ0v) is 76.8. The van der Waals surface area contributed by atoms with E-state index in [1.165, 1.54) is 0 Å². The number of para-hydroxylation sites is 2. The van der Waals surface area contributed by atoms with Crippen LogP contribution in [0.4, 0.5) is 34.1 Å². The maximum atomic E-state index is 10.6. The van der Waals surface area contributed by atoms with E-state index in [-0.39, 0.29) is 126 Å². The molecule has 4 nitrogen and oxygen atoms in total. The Hall–Kier alpha value is -13.0. The number of aromatic nitrogens is 2. The van der Waals surface area contributed by atoms with Gasteiger partial charge in [0.2, 0.25) is 0 Å². The Morgan fingerprint density at radius 3 is 0.969 bits per heavy atom. The van der Waals surface area contributed by atoms with E-state index in [9.17, 15) is 19.2 Å². The summed E-state index contributed by atoms with van der Waals surface area (Å²) in [5, 5.41) is 8.70. The fourth-order valence-electron chi connectivity index (χ4n) is 19.8. The van der Waals surface area contributed by atoms with E-state index in [2.05, 4.69) is 332 Å². The van der Waals surface area contributed by atoms with Gasteiger partial charge < -0.3 is 18.9 Å². The van der Waals surface area contributed by atoms with Crippen LogP contribution in [-0.4, -0.2) is 15.8 Å². The van der Waals surface area contributed by atoms with Gasteiger partial charge in [-0.15, -0.1) is 0 Å². The van der Waals surface area contributed by atoms with Crippen molar-refractivity contribution in [1.82, 2.24) is 9.13 Å². The van der Waals surface area contributed by atoms with Crippen molar-refractivity contribution in [3.8, 4) is 55.9 Å². The van der Waals surface area contributed by atoms with Gasteiger partial charge in [-0.25, -0.2) is 0 Å². The summed E-state index contributed by atoms with van der Waals surface area (Å²) in [6.07, 6.45) is 0. The van der Waals surface area contributed by atoms with E-state index < -0.39 is 58.0 Å². The van der Waals surface area contributed by atoms with Crippen LogP contribution in [0.15, 0.2) is 315 Å². The van der Waals surface area contributed by atoms with Gasteiger partial charge in [0.1, 0.15) is 0 Å². The lowest BCUT2D eigenvalue weighted by molar-refractivity contribution is 0.589. The molecule has 626 valence electrons.